The Morgan fingerprint density at radius 3 is 2.82 bits per heavy atom. The second-order valence-electron chi connectivity index (χ2n) is 3.14. The van der Waals surface area contributed by atoms with Crippen molar-refractivity contribution in [3.05, 3.63) is 0 Å². The molecule has 0 saturated heterocycles. The Labute approximate surface area is 67.2 Å². The van der Waals surface area contributed by atoms with Crippen LogP contribution in [0.25, 0.3) is 0 Å². The molecule has 1 saturated carbocycles. The van der Waals surface area contributed by atoms with E-state index in [4.69, 9.17) is 5.26 Å². The topological polar surface area (TPSA) is 47.3 Å². The first-order valence-corrected chi connectivity index (χ1v) is 4.01. The molecule has 3 heteroatoms. The third-order valence-corrected chi connectivity index (χ3v) is 2.33. The largest absolute Gasteiger partial charge is 0.391 e. The van der Waals surface area contributed by atoms with E-state index in [0.29, 0.717) is 6.54 Å². The average Bonchev–Trinajstić information content (AvgIpc) is 2.36. The van der Waals surface area contributed by atoms with E-state index >= 15 is 0 Å². The highest BCUT2D eigenvalue weighted by atomic mass is 16.3. The fraction of sp³-hybridized carbons (Fsp3) is 0.875. The van der Waals surface area contributed by atoms with Crippen molar-refractivity contribution in [3.8, 4) is 6.07 Å². The summed E-state index contributed by atoms with van der Waals surface area (Å²) in [4.78, 5) is 1.93. The Balaban J connectivity index is 2.40. The van der Waals surface area contributed by atoms with Gasteiger partial charge in [0.25, 0.3) is 0 Å². The van der Waals surface area contributed by atoms with E-state index in [-0.39, 0.29) is 12.1 Å². The van der Waals surface area contributed by atoms with Gasteiger partial charge in [-0.3, -0.25) is 4.90 Å². The van der Waals surface area contributed by atoms with Crippen LogP contribution in [0.15, 0.2) is 0 Å². The lowest BCUT2D eigenvalue weighted by Crippen LogP contribution is -2.37. The number of likely N-dealkylation sites (N-methyl/N-ethyl adjacent to an activating group) is 1. The zero-order valence-electron chi connectivity index (χ0n) is 6.82. The third-order valence-electron chi connectivity index (χ3n) is 2.33. The molecular weight excluding hydrogens is 140 g/mol. The van der Waals surface area contributed by atoms with Gasteiger partial charge in [0.05, 0.1) is 18.7 Å². The standard InChI is InChI=1S/C8H14N2O/c1-10(6-5-9)7-3-2-4-8(7)11/h7-8,11H,2-4,6H2,1H3/t7-,8-/m1/s1. The van der Waals surface area contributed by atoms with E-state index in [0.717, 1.165) is 19.3 Å². The van der Waals surface area contributed by atoms with Gasteiger partial charge in [-0.2, -0.15) is 5.26 Å². The number of aliphatic hydroxyl groups excluding tert-OH is 1. The molecule has 0 radical (unpaired) electrons. The van der Waals surface area contributed by atoms with Crippen molar-refractivity contribution in [2.24, 2.45) is 0 Å². The Morgan fingerprint density at radius 1 is 1.64 bits per heavy atom. The maximum absolute atomic E-state index is 9.43. The minimum Gasteiger partial charge on any atom is -0.391 e. The molecule has 0 aromatic carbocycles. The van der Waals surface area contributed by atoms with Crippen molar-refractivity contribution < 1.29 is 5.11 Å². The van der Waals surface area contributed by atoms with Gasteiger partial charge in [0.2, 0.25) is 0 Å². The van der Waals surface area contributed by atoms with Crippen LogP contribution < -0.4 is 0 Å². The fourth-order valence-electron chi connectivity index (χ4n) is 1.66. The van der Waals surface area contributed by atoms with Gasteiger partial charge in [-0.1, -0.05) is 0 Å². The minimum absolute atomic E-state index is 0.214. The van der Waals surface area contributed by atoms with Crippen molar-refractivity contribution in [1.29, 1.82) is 5.26 Å². The highest BCUT2D eigenvalue weighted by Crippen LogP contribution is 2.22. The molecular formula is C8H14N2O. The molecule has 0 aromatic heterocycles. The molecule has 0 heterocycles. The van der Waals surface area contributed by atoms with E-state index in [2.05, 4.69) is 6.07 Å². The van der Waals surface area contributed by atoms with E-state index in [9.17, 15) is 5.11 Å². The number of nitriles is 1. The number of hydrogen-bond donors (Lipinski definition) is 1. The van der Waals surface area contributed by atoms with Crippen LogP contribution in [0.4, 0.5) is 0 Å². The Kier molecular flexibility index (Phi) is 2.86. The molecule has 0 amide bonds. The Hall–Kier alpha value is -0.590. The fourth-order valence-corrected chi connectivity index (χ4v) is 1.66. The molecule has 0 spiro atoms. The van der Waals surface area contributed by atoms with Gasteiger partial charge in [0, 0.05) is 6.04 Å². The predicted molar refractivity (Wildman–Crippen MR) is 41.9 cm³/mol. The van der Waals surface area contributed by atoms with Gasteiger partial charge < -0.3 is 5.11 Å². The molecule has 11 heavy (non-hydrogen) atoms. The molecule has 0 aliphatic heterocycles. The summed E-state index contributed by atoms with van der Waals surface area (Å²) in [6.45, 7) is 0.418. The number of rotatable bonds is 2. The van der Waals surface area contributed by atoms with Crippen LogP contribution in [0.3, 0.4) is 0 Å². The van der Waals surface area contributed by atoms with Crippen molar-refractivity contribution in [2.45, 2.75) is 31.4 Å². The first-order valence-electron chi connectivity index (χ1n) is 4.01. The lowest BCUT2D eigenvalue weighted by Gasteiger charge is -2.23. The second-order valence-corrected chi connectivity index (χ2v) is 3.14. The smallest absolute Gasteiger partial charge is 0.0866 e. The van der Waals surface area contributed by atoms with E-state index < -0.39 is 0 Å². The lowest BCUT2D eigenvalue weighted by molar-refractivity contribution is 0.0935. The van der Waals surface area contributed by atoms with Gasteiger partial charge in [0.15, 0.2) is 0 Å². The summed E-state index contributed by atoms with van der Waals surface area (Å²) in [6, 6.07) is 2.30. The van der Waals surface area contributed by atoms with Crippen LogP contribution >= 0.6 is 0 Å². The quantitative estimate of drug-likeness (QED) is 0.584. The monoisotopic (exact) mass is 154 g/mol. The number of aliphatic hydroxyl groups is 1. The van der Waals surface area contributed by atoms with Crippen LogP contribution in [0.2, 0.25) is 0 Å². The van der Waals surface area contributed by atoms with E-state index in [1.165, 1.54) is 0 Å². The molecule has 0 bridgehead atoms. The Bertz CT molecular complexity index is 164. The van der Waals surface area contributed by atoms with Gasteiger partial charge in [-0.25, -0.2) is 0 Å². The highest BCUT2D eigenvalue weighted by molar-refractivity contribution is 4.87. The van der Waals surface area contributed by atoms with E-state index in [1.807, 2.05) is 11.9 Å². The molecule has 1 rings (SSSR count). The highest BCUT2D eigenvalue weighted by Gasteiger charge is 2.27. The third kappa shape index (κ3) is 1.92. The van der Waals surface area contributed by atoms with Crippen molar-refractivity contribution >= 4 is 0 Å². The lowest BCUT2D eigenvalue weighted by atomic mass is 10.2. The summed E-state index contributed by atoms with van der Waals surface area (Å²) in [5, 5.41) is 17.8. The predicted octanol–water partition coefficient (Wildman–Crippen LogP) is 0.355. The second kappa shape index (κ2) is 3.70. The zero-order valence-corrected chi connectivity index (χ0v) is 6.82. The van der Waals surface area contributed by atoms with Crippen molar-refractivity contribution in [3.63, 3.8) is 0 Å². The number of hydrogen-bond acceptors (Lipinski definition) is 3. The average molecular weight is 154 g/mol. The molecule has 2 atom stereocenters. The van der Waals surface area contributed by atoms with Crippen molar-refractivity contribution in [2.75, 3.05) is 13.6 Å². The molecule has 1 N–H and O–H groups in total. The van der Waals surface area contributed by atoms with Crippen LogP contribution in [0.5, 0.6) is 0 Å². The summed E-state index contributed by atoms with van der Waals surface area (Å²) in [5.74, 6) is 0. The first-order chi connectivity index (χ1) is 5.25. The van der Waals surface area contributed by atoms with Gasteiger partial charge in [-0.15, -0.1) is 0 Å². The molecule has 3 nitrogen and oxygen atoms in total. The molecule has 1 fully saturated rings. The van der Waals surface area contributed by atoms with Gasteiger partial charge >= 0.3 is 0 Å². The molecule has 62 valence electrons. The molecule has 1 aliphatic carbocycles. The number of nitrogens with zero attached hydrogens (tertiary/aromatic N) is 2. The van der Waals surface area contributed by atoms with Gasteiger partial charge in [-0.05, 0) is 26.3 Å². The summed E-state index contributed by atoms with van der Waals surface area (Å²) in [5.41, 5.74) is 0. The normalized spacial score (nSPS) is 30.7. The first kappa shape index (κ1) is 8.51. The van der Waals surface area contributed by atoms with Crippen LogP contribution in [-0.4, -0.2) is 35.7 Å². The molecule has 0 unspecified atom stereocenters. The maximum atomic E-state index is 9.43. The zero-order chi connectivity index (χ0) is 8.27. The maximum Gasteiger partial charge on any atom is 0.0866 e. The Morgan fingerprint density at radius 2 is 2.36 bits per heavy atom. The SMILES string of the molecule is CN(CC#N)[C@@H]1CCC[C@H]1O. The summed E-state index contributed by atoms with van der Waals surface area (Å²) in [7, 11) is 1.89. The summed E-state index contributed by atoms with van der Waals surface area (Å²) < 4.78 is 0. The van der Waals surface area contributed by atoms with Crippen molar-refractivity contribution in [1.82, 2.24) is 4.90 Å². The van der Waals surface area contributed by atoms with Crippen LogP contribution in [0, 0.1) is 11.3 Å². The van der Waals surface area contributed by atoms with E-state index in [1.54, 1.807) is 0 Å². The summed E-state index contributed by atoms with van der Waals surface area (Å²) in [6.07, 6.45) is 2.79. The van der Waals surface area contributed by atoms with Gasteiger partial charge in [0.1, 0.15) is 0 Å². The van der Waals surface area contributed by atoms with Crippen LogP contribution in [0.1, 0.15) is 19.3 Å². The molecule has 0 aromatic rings. The minimum atomic E-state index is -0.214. The molecule has 1 aliphatic rings. The van der Waals surface area contributed by atoms with Crippen LogP contribution in [-0.2, 0) is 0 Å². The summed E-state index contributed by atoms with van der Waals surface area (Å²) >= 11 is 0.